The van der Waals surface area contributed by atoms with Gasteiger partial charge in [-0.2, -0.15) is 0 Å². The Morgan fingerprint density at radius 3 is 3.20 bits per heavy atom. The van der Waals surface area contributed by atoms with E-state index in [-0.39, 0.29) is 0 Å². The molecule has 0 saturated heterocycles. The molecule has 1 rings (SSSR count). The van der Waals surface area contributed by atoms with Crippen molar-refractivity contribution in [2.24, 2.45) is 5.73 Å². The molecule has 4 nitrogen and oxygen atoms in total. The molecule has 1 aromatic rings. The van der Waals surface area contributed by atoms with Crippen molar-refractivity contribution >= 4 is 11.5 Å². The van der Waals surface area contributed by atoms with E-state index in [2.05, 4.69) is 14.9 Å². The number of nitrogens with one attached hydrogen (secondary N) is 1. The minimum absolute atomic E-state index is 0.664. The summed E-state index contributed by atoms with van der Waals surface area (Å²) < 4.78 is 3.72. The third kappa shape index (κ3) is 2.38. The van der Waals surface area contributed by atoms with E-state index < -0.39 is 0 Å². The van der Waals surface area contributed by atoms with Crippen LogP contribution >= 0.6 is 11.5 Å². The number of aromatic nitrogens is 2. The fraction of sp³-hybridized carbons (Fsp3) is 0.600. The van der Waals surface area contributed by atoms with Gasteiger partial charge in [-0.05, 0) is 11.5 Å². The van der Waals surface area contributed by atoms with Crippen molar-refractivity contribution in [2.75, 3.05) is 13.1 Å². The summed E-state index contributed by atoms with van der Waals surface area (Å²) in [7, 11) is 0. The van der Waals surface area contributed by atoms with Crippen LogP contribution in [0.2, 0.25) is 0 Å². The van der Waals surface area contributed by atoms with Crippen LogP contribution in [0.3, 0.4) is 0 Å². The fourth-order valence-corrected chi connectivity index (χ4v) is 1.03. The van der Waals surface area contributed by atoms with Gasteiger partial charge in [0.15, 0.2) is 0 Å². The second-order valence-corrected chi connectivity index (χ2v) is 2.47. The lowest BCUT2D eigenvalue weighted by molar-refractivity contribution is 0.680. The highest BCUT2D eigenvalue weighted by Crippen LogP contribution is 1.94. The molecule has 0 unspecified atom stereocenters. The summed E-state index contributed by atoms with van der Waals surface area (Å²) in [4.78, 5) is 0. The average Bonchev–Trinajstić information content (AvgIpc) is 2.41. The summed E-state index contributed by atoms with van der Waals surface area (Å²) in [5.74, 6) is 0. The minimum Gasteiger partial charge on any atom is -0.329 e. The molecule has 0 bridgehead atoms. The lowest BCUT2D eigenvalue weighted by Gasteiger charge is -1.96. The third-order valence-electron chi connectivity index (χ3n) is 1.03. The van der Waals surface area contributed by atoms with Crippen molar-refractivity contribution in [3.63, 3.8) is 0 Å². The van der Waals surface area contributed by atoms with Gasteiger partial charge in [0.05, 0.1) is 5.69 Å². The van der Waals surface area contributed by atoms with E-state index in [1.165, 1.54) is 11.5 Å². The zero-order chi connectivity index (χ0) is 7.23. The maximum absolute atomic E-state index is 5.27. The zero-order valence-electron chi connectivity index (χ0n) is 5.58. The fourth-order valence-electron chi connectivity index (χ4n) is 0.580. The predicted molar refractivity (Wildman–Crippen MR) is 40.7 cm³/mol. The van der Waals surface area contributed by atoms with Gasteiger partial charge in [0.2, 0.25) is 0 Å². The molecule has 0 spiro atoms. The van der Waals surface area contributed by atoms with Gasteiger partial charge in [0, 0.05) is 25.0 Å². The van der Waals surface area contributed by atoms with Gasteiger partial charge < -0.3 is 11.1 Å². The average molecular weight is 158 g/mol. The molecule has 0 aromatic carbocycles. The van der Waals surface area contributed by atoms with Gasteiger partial charge in [-0.25, -0.2) is 0 Å². The van der Waals surface area contributed by atoms with Crippen molar-refractivity contribution in [3.05, 3.63) is 11.1 Å². The lowest BCUT2D eigenvalue weighted by Crippen LogP contribution is -2.21. The summed E-state index contributed by atoms with van der Waals surface area (Å²) in [6.07, 6.45) is 0. The Balaban J connectivity index is 2.15. The van der Waals surface area contributed by atoms with Crippen LogP contribution in [0.15, 0.2) is 5.38 Å². The third-order valence-corrected chi connectivity index (χ3v) is 1.59. The molecule has 1 aromatic heterocycles. The maximum atomic E-state index is 5.27. The van der Waals surface area contributed by atoms with E-state index in [9.17, 15) is 0 Å². The summed E-state index contributed by atoms with van der Waals surface area (Å²) in [5.41, 5.74) is 6.26. The number of hydrogen-bond donors (Lipinski definition) is 2. The largest absolute Gasteiger partial charge is 0.329 e. The molecule has 10 heavy (non-hydrogen) atoms. The normalized spacial score (nSPS) is 10.1. The van der Waals surface area contributed by atoms with Crippen molar-refractivity contribution in [2.45, 2.75) is 6.54 Å². The number of hydrogen-bond acceptors (Lipinski definition) is 5. The Labute approximate surface area is 63.6 Å². The Morgan fingerprint density at radius 2 is 2.60 bits per heavy atom. The van der Waals surface area contributed by atoms with Crippen LogP contribution in [0.1, 0.15) is 5.69 Å². The Morgan fingerprint density at radius 1 is 1.70 bits per heavy atom. The Hall–Kier alpha value is -0.520. The molecular weight excluding hydrogens is 148 g/mol. The molecule has 1 heterocycles. The smallest absolute Gasteiger partial charge is 0.0893 e. The first-order valence-corrected chi connectivity index (χ1v) is 3.94. The Kier molecular flexibility index (Phi) is 3.28. The van der Waals surface area contributed by atoms with Gasteiger partial charge in [0.1, 0.15) is 0 Å². The van der Waals surface area contributed by atoms with Gasteiger partial charge in [0.25, 0.3) is 0 Å². The zero-order valence-corrected chi connectivity index (χ0v) is 6.40. The topological polar surface area (TPSA) is 63.8 Å². The number of nitrogens with two attached hydrogens (primary N) is 1. The molecule has 0 saturated carbocycles. The molecule has 0 atom stereocenters. The quantitative estimate of drug-likeness (QED) is 0.584. The van der Waals surface area contributed by atoms with Crippen LogP contribution in [-0.2, 0) is 6.54 Å². The van der Waals surface area contributed by atoms with E-state index in [0.717, 1.165) is 18.8 Å². The van der Waals surface area contributed by atoms with E-state index in [4.69, 9.17) is 5.73 Å². The van der Waals surface area contributed by atoms with Gasteiger partial charge in [-0.3, -0.25) is 0 Å². The van der Waals surface area contributed by atoms with Crippen LogP contribution in [-0.4, -0.2) is 22.7 Å². The van der Waals surface area contributed by atoms with E-state index >= 15 is 0 Å². The molecule has 0 amide bonds. The highest BCUT2D eigenvalue weighted by molar-refractivity contribution is 7.03. The summed E-state index contributed by atoms with van der Waals surface area (Å²) in [5, 5.41) is 8.89. The first-order chi connectivity index (χ1) is 4.93. The molecule has 56 valence electrons. The monoisotopic (exact) mass is 158 g/mol. The molecule has 3 N–H and O–H groups in total. The van der Waals surface area contributed by atoms with Gasteiger partial charge >= 0.3 is 0 Å². The summed E-state index contributed by atoms with van der Waals surface area (Å²) in [6.45, 7) is 2.27. The van der Waals surface area contributed by atoms with Crippen LogP contribution < -0.4 is 11.1 Å². The number of rotatable bonds is 4. The Bertz CT molecular complexity index is 162. The van der Waals surface area contributed by atoms with Crippen molar-refractivity contribution in [1.29, 1.82) is 0 Å². The second kappa shape index (κ2) is 4.32. The molecule has 0 radical (unpaired) electrons. The number of nitrogens with zero attached hydrogens (tertiary/aromatic N) is 2. The van der Waals surface area contributed by atoms with Crippen LogP contribution in [0.4, 0.5) is 0 Å². The maximum Gasteiger partial charge on any atom is 0.0893 e. The van der Waals surface area contributed by atoms with Crippen LogP contribution in [0.25, 0.3) is 0 Å². The minimum atomic E-state index is 0.664. The van der Waals surface area contributed by atoms with E-state index in [0.29, 0.717) is 6.54 Å². The van der Waals surface area contributed by atoms with E-state index in [1.807, 2.05) is 5.38 Å². The van der Waals surface area contributed by atoms with E-state index in [1.54, 1.807) is 0 Å². The SMILES string of the molecule is NCCNCc1csnn1. The van der Waals surface area contributed by atoms with Gasteiger partial charge in [-0.1, -0.05) is 4.49 Å². The second-order valence-electron chi connectivity index (χ2n) is 1.86. The standard InChI is InChI=1S/C5H10N4S/c6-1-2-7-3-5-4-10-9-8-5/h4,7H,1-3,6H2. The molecule has 5 heteroatoms. The molecule has 0 aliphatic rings. The summed E-state index contributed by atoms with van der Waals surface area (Å²) >= 11 is 1.37. The molecular formula is C5H10N4S. The van der Waals surface area contributed by atoms with Crippen LogP contribution in [0.5, 0.6) is 0 Å². The highest BCUT2D eigenvalue weighted by Gasteiger charge is 1.92. The lowest BCUT2D eigenvalue weighted by atomic mass is 10.5. The first-order valence-electron chi connectivity index (χ1n) is 3.10. The van der Waals surface area contributed by atoms with Gasteiger partial charge in [-0.15, -0.1) is 5.10 Å². The molecule has 0 aliphatic carbocycles. The molecule has 0 fully saturated rings. The van der Waals surface area contributed by atoms with Crippen molar-refractivity contribution in [1.82, 2.24) is 14.9 Å². The van der Waals surface area contributed by atoms with Crippen molar-refractivity contribution in [3.8, 4) is 0 Å². The predicted octanol–water partition coefficient (Wildman–Crippen LogP) is -0.414. The van der Waals surface area contributed by atoms with Crippen molar-refractivity contribution < 1.29 is 0 Å². The first kappa shape index (κ1) is 7.59. The highest BCUT2D eigenvalue weighted by atomic mass is 32.1. The molecule has 0 aliphatic heterocycles. The summed E-state index contributed by atoms with van der Waals surface area (Å²) in [6, 6.07) is 0. The van der Waals surface area contributed by atoms with Crippen LogP contribution in [0, 0.1) is 0 Å².